The molecule has 0 unspecified atom stereocenters. The maximum atomic E-state index is 12.8. The molecule has 6 nitrogen and oxygen atoms in total. The predicted octanol–water partition coefficient (Wildman–Crippen LogP) is 3.83. The van der Waals surface area contributed by atoms with E-state index < -0.39 is 0 Å². The molecule has 3 aromatic rings. The number of rotatable bonds is 7. The number of amides is 1. The lowest BCUT2D eigenvalue weighted by Crippen LogP contribution is -2.19. The topological polar surface area (TPSA) is 62.1 Å². The number of thiazole rings is 1. The minimum atomic E-state index is -0.271. The van der Waals surface area contributed by atoms with Gasteiger partial charge >= 0.3 is 0 Å². The highest BCUT2D eigenvalue weighted by atomic mass is 32.2. The summed E-state index contributed by atoms with van der Waals surface area (Å²) in [5.74, 6) is 0.998. The van der Waals surface area contributed by atoms with E-state index in [0.717, 1.165) is 15.1 Å². The lowest BCUT2D eigenvalue weighted by molar-refractivity contribution is 0.0997. The van der Waals surface area contributed by atoms with E-state index in [-0.39, 0.29) is 5.91 Å². The average molecular weight is 419 g/mol. The van der Waals surface area contributed by atoms with Crippen LogP contribution < -0.4 is 14.3 Å². The van der Waals surface area contributed by atoms with Crippen molar-refractivity contribution in [3.8, 4) is 11.5 Å². The molecule has 0 aliphatic heterocycles. The molecule has 0 radical (unpaired) electrons. The smallest absolute Gasteiger partial charge is 0.279 e. The molecule has 0 bridgehead atoms. The number of benzene rings is 2. The molecule has 8 heteroatoms. The van der Waals surface area contributed by atoms with E-state index in [9.17, 15) is 4.79 Å². The van der Waals surface area contributed by atoms with Crippen molar-refractivity contribution in [2.75, 3.05) is 34.2 Å². The molecule has 0 aliphatic carbocycles. The molecule has 0 aliphatic rings. The van der Waals surface area contributed by atoms with E-state index in [4.69, 9.17) is 14.2 Å². The van der Waals surface area contributed by atoms with Crippen LogP contribution in [0.1, 0.15) is 10.4 Å². The second-order valence-electron chi connectivity index (χ2n) is 5.85. The van der Waals surface area contributed by atoms with Gasteiger partial charge in [-0.3, -0.25) is 4.79 Å². The molecule has 0 fully saturated rings. The van der Waals surface area contributed by atoms with Crippen molar-refractivity contribution in [1.29, 1.82) is 0 Å². The fourth-order valence-corrected chi connectivity index (χ4v) is 4.31. The van der Waals surface area contributed by atoms with Gasteiger partial charge in [-0.25, -0.2) is 0 Å². The third kappa shape index (κ3) is 4.24. The summed E-state index contributed by atoms with van der Waals surface area (Å²) in [6, 6.07) is 11.3. The van der Waals surface area contributed by atoms with Gasteiger partial charge < -0.3 is 18.8 Å². The summed E-state index contributed by atoms with van der Waals surface area (Å²) in [5.41, 5.74) is 1.49. The van der Waals surface area contributed by atoms with E-state index in [1.807, 2.05) is 41.2 Å². The van der Waals surface area contributed by atoms with E-state index in [1.165, 1.54) is 11.3 Å². The monoisotopic (exact) mass is 418 g/mol. The highest BCUT2D eigenvalue weighted by Crippen LogP contribution is 2.33. The molecule has 0 N–H and O–H groups in total. The van der Waals surface area contributed by atoms with Gasteiger partial charge in [0.1, 0.15) is 0 Å². The van der Waals surface area contributed by atoms with Gasteiger partial charge in [0.05, 0.1) is 31.0 Å². The van der Waals surface area contributed by atoms with Crippen LogP contribution in [-0.2, 0) is 11.3 Å². The quantitative estimate of drug-likeness (QED) is 0.546. The van der Waals surface area contributed by atoms with Crippen molar-refractivity contribution in [3.63, 3.8) is 0 Å². The summed E-state index contributed by atoms with van der Waals surface area (Å²) in [5, 5.41) is 0. The van der Waals surface area contributed by atoms with Crippen LogP contribution in [0.25, 0.3) is 10.2 Å². The van der Waals surface area contributed by atoms with Crippen molar-refractivity contribution in [2.45, 2.75) is 11.4 Å². The minimum absolute atomic E-state index is 0.271. The number of ether oxygens (including phenoxy) is 3. The van der Waals surface area contributed by atoms with Crippen LogP contribution in [0.3, 0.4) is 0 Å². The predicted molar refractivity (Wildman–Crippen MR) is 113 cm³/mol. The van der Waals surface area contributed by atoms with Crippen LogP contribution in [0.15, 0.2) is 46.3 Å². The van der Waals surface area contributed by atoms with Gasteiger partial charge in [0, 0.05) is 36.2 Å². The molecule has 2 aromatic carbocycles. The number of aromatic nitrogens is 1. The Bertz CT molecular complexity index is 1060. The van der Waals surface area contributed by atoms with Crippen LogP contribution in [0, 0.1) is 0 Å². The second kappa shape index (κ2) is 9.27. The molecule has 1 heterocycles. The number of nitrogens with zero attached hydrogens (tertiary/aromatic N) is 2. The Morgan fingerprint density at radius 1 is 1.14 bits per heavy atom. The van der Waals surface area contributed by atoms with Gasteiger partial charge in [-0.1, -0.05) is 17.4 Å². The van der Waals surface area contributed by atoms with Crippen molar-refractivity contribution in [1.82, 2.24) is 4.57 Å². The Morgan fingerprint density at radius 3 is 2.57 bits per heavy atom. The first-order chi connectivity index (χ1) is 13.6. The molecule has 1 amide bonds. The third-order valence-corrected chi connectivity index (χ3v) is 5.99. The van der Waals surface area contributed by atoms with E-state index in [2.05, 4.69) is 4.99 Å². The van der Waals surface area contributed by atoms with Gasteiger partial charge in [0.2, 0.25) is 0 Å². The van der Waals surface area contributed by atoms with Crippen molar-refractivity contribution < 1.29 is 19.0 Å². The summed E-state index contributed by atoms with van der Waals surface area (Å²) in [6.07, 6.45) is 1.98. The summed E-state index contributed by atoms with van der Waals surface area (Å²) in [7, 11) is 4.85. The molecular formula is C20H22N2O4S2. The molecule has 28 heavy (non-hydrogen) atoms. The average Bonchev–Trinajstić information content (AvgIpc) is 3.06. The standard InChI is InChI=1S/C20H22N2O4S2/c1-24-9-8-22-15-11-16(25-2)17(26-3)12-18(15)28-20(22)21-19(23)13-6-5-7-14(10-13)27-4/h5-7,10-12H,8-9H2,1-4H3. The molecule has 1 aromatic heterocycles. The first-order valence-corrected chi connectivity index (χ1v) is 10.6. The van der Waals surface area contributed by atoms with Crippen LogP contribution in [-0.4, -0.2) is 44.7 Å². The lowest BCUT2D eigenvalue weighted by atomic mass is 10.2. The van der Waals surface area contributed by atoms with Crippen LogP contribution in [0.2, 0.25) is 0 Å². The van der Waals surface area contributed by atoms with E-state index >= 15 is 0 Å². The number of hydrogen-bond acceptors (Lipinski definition) is 6. The fourth-order valence-electron chi connectivity index (χ4n) is 2.79. The number of fused-ring (bicyclic) bond motifs is 1. The number of thioether (sulfide) groups is 1. The molecule has 0 spiro atoms. The summed E-state index contributed by atoms with van der Waals surface area (Å²) in [4.78, 5) is 18.8. The Kier molecular flexibility index (Phi) is 6.77. The van der Waals surface area contributed by atoms with Crippen molar-refractivity contribution in [3.05, 3.63) is 46.8 Å². The molecular weight excluding hydrogens is 396 g/mol. The lowest BCUT2D eigenvalue weighted by Gasteiger charge is -2.09. The van der Waals surface area contributed by atoms with Gasteiger partial charge in [0.15, 0.2) is 16.3 Å². The fraction of sp³-hybridized carbons (Fsp3) is 0.300. The zero-order valence-electron chi connectivity index (χ0n) is 16.2. The molecule has 148 valence electrons. The first-order valence-electron chi connectivity index (χ1n) is 8.58. The zero-order valence-corrected chi connectivity index (χ0v) is 17.9. The molecule has 0 saturated heterocycles. The Hall–Kier alpha value is -2.29. The summed E-state index contributed by atoms with van der Waals surface area (Å²) < 4.78 is 19.0. The molecule has 3 rings (SSSR count). The number of hydrogen-bond donors (Lipinski definition) is 0. The highest BCUT2D eigenvalue weighted by molar-refractivity contribution is 7.98. The second-order valence-corrected chi connectivity index (χ2v) is 7.74. The number of carbonyl (C=O) groups is 1. The summed E-state index contributed by atoms with van der Waals surface area (Å²) in [6.45, 7) is 1.08. The van der Waals surface area contributed by atoms with Gasteiger partial charge in [-0.2, -0.15) is 4.99 Å². The number of methoxy groups -OCH3 is 3. The van der Waals surface area contributed by atoms with Crippen LogP contribution in [0.5, 0.6) is 11.5 Å². The van der Waals surface area contributed by atoms with Crippen molar-refractivity contribution in [2.24, 2.45) is 4.99 Å². The first kappa shape index (κ1) is 20.4. The summed E-state index contributed by atoms with van der Waals surface area (Å²) >= 11 is 3.03. The Labute approximate surface area is 171 Å². The van der Waals surface area contributed by atoms with Gasteiger partial charge in [-0.15, -0.1) is 11.8 Å². The van der Waals surface area contributed by atoms with Gasteiger partial charge in [-0.05, 0) is 24.5 Å². The van der Waals surface area contributed by atoms with Crippen LogP contribution >= 0.6 is 23.1 Å². The largest absolute Gasteiger partial charge is 0.493 e. The minimum Gasteiger partial charge on any atom is -0.493 e. The molecule has 0 saturated carbocycles. The van der Waals surface area contributed by atoms with E-state index in [1.54, 1.807) is 39.2 Å². The Morgan fingerprint density at radius 2 is 1.89 bits per heavy atom. The zero-order chi connectivity index (χ0) is 20.1. The van der Waals surface area contributed by atoms with E-state index in [0.29, 0.717) is 35.0 Å². The number of carbonyl (C=O) groups excluding carboxylic acids is 1. The van der Waals surface area contributed by atoms with Crippen LogP contribution in [0.4, 0.5) is 0 Å². The maximum absolute atomic E-state index is 12.8. The third-order valence-electron chi connectivity index (χ3n) is 4.22. The SMILES string of the molecule is COCCn1c(=NC(=O)c2cccc(SC)c2)sc2cc(OC)c(OC)cc21. The van der Waals surface area contributed by atoms with Crippen molar-refractivity contribution >= 4 is 39.2 Å². The Balaban J connectivity index is 2.14. The maximum Gasteiger partial charge on any atom is 0.279 e. The normalized spacial score (nSPS) is 11.8. The van der Waals surface area contributed by atoms with Gasteiger partial charge in [0.25, 0.3) is 5.91 Å². The highest BCUT2D eigenvalue weighted by Gasteiger charge is 2.14. The molecule has 0 atom stereocenters.